The van der Waals surface area contributed by atoms with E-state index in [9.17, 15) is 9.18 Å². The number of fused-ring (bicyclic) bond motifs is 1. The molecule has 162 valence electrons. The van der Waals surface area contributed by atoms with Gasteiger partial charge in [0.25, 0.3) is 0 Å². The van der Waals surface area contributed by atoms with Gasteiger partial charge in [-0.2, -0.15) is 10.1 Å². The molecular formula is C21H24FN7O2. The van der Waals surface area contributed by atoms with E-state index in [1.165, 1.54) is 13.2 Å². The number of nitrogens with one attached hydrogen (secondary N) is 2. The Morgan fingerprint density at radius 2 is 2.10 bits per heavy atom. The summed E-state index contributed by atoms with van der Waals surface area (Å²) in [5.41, 5.74) is 3.16. The van der Waals surface area contributed by atoms with E-state index in [-0.39, 0.29) is 17.7 Å². The predicted molar refractivity (Wildman–Crippen MR) is 115 cm³/mol. The summed E-state index contributed by atoms with van der Waals surface area (Å²) in [4.78, 5) is 22.9. The lowest BCUT2D eigenvalue weighted by atomic mass is 10.2. The molecule has 0 unspecified atom stereocenters. The first-order valence-electron chi connectivity index (χ1n) is 9.85. The van der Waals surface area contributed by atoms with Crippen molar-refractivity contribution >= 4 is 23.4 Å². The molecule has 9 nitrogen and oxygen atoms in total. The first-order valence-corrected chi connectivity index (χ1v) is 9.85. The van der Waals surface area contributed by atoms with Crippen LogP contribution in [-0.2, 0) is 17.9 Å². The van der Waals surface area contributed by atoms with Gasteiger partial charge in [-0.3, -0.25) is 9.48 Å². The highest BCUT2D eigenvalue weighted by molar-refractivity contribution is 6.03. The first kappa shape index (κ1) is 20.6. The maximum absolute atomic E-state index is 13.6. The van der Waals surface area contributed by atoms with E-state index in [0.29, 0.717) is 36.2 Å². The molecule has 4 rings (SSSR count). The fourth-order valence-corrected chi connectivity index (χ4v) is 3.38. The summed E-state index contributed by atoms with van der Waals surface area (Å²) in [5, 5.41) is 10.5. The minimum Gasteiger partial charge on any atom is -0.494 e. The number of hydrogen-bond donors (Lipinski definition) is 2. The lowest BCUT2D eigenvalue weighted by Crippen LogP contribution is -2.44. The predicted octanol–water partition coefficient (Wildman–Crippen LogP) is 2.57. The van der Waals surface area contributed by atoms with Crippen molar-refractivity contribution in [3.63, 3.8) is 0 Å². The van der Waals surface area contributed by atoms with Crippen LogP contribution in [0.1, 0.15) is 23.7 Å². The Kier molecular flexibility index (Phi) is 5.45. The average molecular weight is 425 g/mol. The second-order valence-corrected chi connectivity index (χ2v) is 7.48. The van der Waals surface area contributed by atoms with Crippen molar-refractivity contribution in [2.75, 3.05) is 29.7 Å². The van der Waals surface area contributed by atoms with Crippen LogP contribution in [0.3, 0.4) is 0 Å². The van der Waals surface area contributed by atoms with Gasteiger partial charge in [0, 0.05) is 25.4 Å². The zero-order chi connectivity index (χ0) is 22.1. The van der Waals surface area contributed by atoms with Crippen molar-refractivity contribution in [1.29, 1.82) is 0 Å². The second-order valence-electron chi connectivity index (χ2n) is 7.48. The fraction of sp³-hybridized carbons (Fsp3) is 0.333. The van der Waals surface area contributed by atoms with E-state index < -0.39 is 5.82 Å². The fourth-order valence-electron chi connectivity index (χ4n) is 3.38. The number of nitrogens with zero attached hydrogens (tertiary/aromatic N) is 5. The summed E-state index contributed by atoms with van der Waals surface area (Å²) >= 11 is 0. The lowest BCUT2D eigenvalue weighted by molar-refractivity contribution is -0.117. The molecule has 3 heterocycles. The molecule has 1 aromatic carbocycles. The number of benzene rings is 1. The van der Waals surface area contributed by atoms with Crippen molar-refractivity contribution in [1.82, 2.24) is 19.7 Å². The van der Waals surface area contributed by atoms with E-state index in [0.717, 1.165) is 11.1 Å². The van der Waals surface area contributed by atoms with E-state index in [1.807, 2.05) is 32.0 Å². The minimum absolute atomic E-state index is 0.0754. The molecule has 0 saturated heterocycles. The maximum atomic E-state index is 13.6. The van der Waals surface area contributed by atoms with Gasteiger partial charge in [0.2, 0.25) is 11.9 Å². The first-order chi connectivity index (χ1) is 14.9. The van der Waals surface area contributed by atoms with E-state index in [2.05, 4.69) is 25.7 Å². The third-order valence-electron chi connectivity index (χ3n) is 5.31. The summed E-state index contributed by atoms with van der Waals surface area (Å²) in [5.74, 6) is 0.901. The highest BCUT2D eigenvalue weighted by Crippen LogP contribution is 2.32. The number of rotatable bonds is 6. The Balaban J connectivity index is 1.44. The number of halogens is 1. The van der Waals surface area contributed by atoms with E-state index >= 15 is 0 Å². The molecular weight excluding hydrogens is 401 g/mol. The maximum Gasteiger partial charge on any atom is 0.246 e. The van der Waals surface area contributed by atoms with Crippen LogP contribution in [0.25, 0.3) is 0 Å². The smallest absolute Gasteiger partial charge is 0.246 e. The summed E-state index contributed by atoms with van der Waals surface area (Å²) < 4.78 is 20.4. The number of carbonyl (C=O) groups excluding carboxylic acids is 1. The normalized spacial score (nSPS) is 15.5. The lowest BCUT2D eigenvalue weighted by Gasteiger charge is -2.32. The third-order valence-corrected chi connectivity index (χ3v) is 5.31. The van der Waals surface area contributed by atoms with Crippen molar-refractivity contribution in [2.24, 2.45) is 0 Å². The van der Waals surface area contributed by atoms with Crippen LogP contribution in [-0.4, -0.2) is 45.9 Å². The molecule has 10 heteroatoms. The quantitative estimate of drug-likeness (QED) is 0.626. The molecule has 0 aliphatic carbocycles. The third kappa shape index (κ3) is 4.14. The number of methoxy groups -OCH3 is 1. The van der Waals surface area contributed by atoms with Crippen LogP contribution in [0, 0.1) is 12.7 Å². The largest absolute Gasteiger partial charge is 0.494 e. The van der Waals surface area contributed by atoms with Crippen LogP contribution < -0.4 is 20.3 Å². The molecule has 2 aromatic heterocycles. The van der Waals surface area contributed by atoms with Gasteiger partial charge in [0.05, 0.1) is 25.5 Å². The van der Waals surface area contributed by atoms with Crippen LogP contribution in [0.4, 0.5) is 21.8 Å². The molecule has 0 spiro atoms. The number of aryl methyl sites for hydroxylation is 1. The molecule has 1 aliphatic heterocycles. The Labute approximate surface area is 179 Å². The monoisotopic (exact) mass is 425 g/mol. The standard InChI is InChI=1S/C21H24FN7O2/c1-12-18-19(28(3)13(2)20(30)26-18)27-21(25-12)23-8-15-9-24-29(11-15)10-14-5-6-16(22)17(7-14)31-4/h5-7,9,11,13H,8,10H2,1-4H3,(H,26,30)(H,23,25,27)/t13-/m0/s1. The van der Waals surface area contributed by atoms with Gasteiger partial charge in [-0.1, -0.05) is 6.07 Å². The van der Waals surface area contributed by atoms with Crippen molar-refractivity contribution in [3.8, 4) is 5.75 Å². The number of aromatic nitrogens is 4. The van der Waals surface area contributed by atoms with Gasteiger partial charge in [-0.15, -0.1) is 0 Å². The van der Waals surface area contributed by atoms with Gasteiger partial charge >= 0.3 is 0 Å². The molecule has 0 radical (unpaired) electrons. The van der Waals surface area contributed by atoms with Crippen LogP contribution in [0.15, 0.2) is 30.6 Å². The van der Waals surface area contributed by atoms with Crippen molar-refractivity contribution < 1.29 is 13.9 Å². The molecule has 0 saturated carbocycles. The summed E-state index contributed by atoms with van der Waals surface area (Å²) in [6.07, 6.45) is 3.66. The Morgan fingerprint density at radius 3 is 2.87 bits per heavy atom. The molecule has 31 heavy (non-hydrogen) atoms. The Hall–Kier alpha value is -3.69. The molecule has 3 aromatic rings. The zero-order valence-corrected chi connectivity index (χ0v) is 17.8. The second kappa shape index (κ2) is 8.21. The number of anilines is 3. The average Bonchev–Trinajstić information content (AvgIpc) is 3.20. The topological polar surface area (TPSA) is 97.2 Å². The number of carbonyl (C=O) groups is 1. The Bertz CT molecular complexity index is 1130. The molecule has 1 aliphatic rings. The van der Waals surface area contributed by atoms with Crippen molar-refractivity contribution in [3.05, 3.63) is 53.2 Å². The number of ether oxygens (including phenoxy) is 1. The van der Waals surface area contributed by atoms with Crippen LogP contribution in [0.2, 0.25) is 0 Å². The van der Waals surface area contributed by atoms with Crippen LogP contribution in [0.5, 0.6) is 5.75 Å². The Morgan fingerprint density at radius 1 is 1.29 bits per heavy atom. The highest BCUT2D eigenvalue weighted by Gasteiger charge is 2.30. The SMILES string of the molecule is COc1cc(Cn2cc(CNc3nc(C)c4c(n3)N(C)[C@@H](C)C(=O)N4)cn2)ccc1F. The van der Waals surface area contributed by atoms with Gasteiger partial charge < -0.3 is 20.3 Å². The van der Waals surface area contributed by atoms with E-state index in [1.54, 1.807) is 23.0 Å². The summed E-state index contributed by atoms with van der Waals surface area (Å²) in [6, 6.07) is 4.45. The van der Waals surface area contributed by atoms with E-state index in [4.69, 9.17) is 4.74 Å². The molecule has 2 N–H and O–H groups in total. The van der Waals surface area contributed by atoms with Gasteiger partial charge in [-0.05, 0) is 31.5 Å². The molecule has 0 fully saturated rings. The van der Waals surface area contributed by atoms with Crippen molar-refractivity contribution in [2.45, 2.75) is 33.0 Å². The van der Waals surface area contributed by atoms with Gasteiger partial charge in [0.1, 0.15) is 11.7 Å². The molecule has 0 bridgehead atoms. The number of amides is 1. The zero-order valence-electron chi connectivity index (χ0n) is 17.8. The summed E-state index contributed by atoms with van der Waals surface area (Å²) in [7, 11) is 3.28. The minimum atomic E-state index is -0.392. The van der Waals surface area contributed by atoms with Gasteiger partial charge in [-0.25, -0.2) is 9.37 Å². The molecule has 1 atom stereocenters. The number of hydrogen-bond acceptors (Lipinski definition) is 7. The molecule has 1 amide bonds. The number of likely N-dealkylation sites (N-methyl/N-ethyl adjacent to an activating group) is 1. The van der Waals surface area contributed by atoms with Crippen LogP contribution >= 0.6 is 0 Å². The van der Waals surface area contributed by atoms with Gasteiger partial charge in [0.15, 0.2) is 17.4 Å². The highest BCUT2D eigenvalue weighted by atomic mass is 19.1. The summed E-state index contributed by atoms with van der Waals surface area (Å²) in [6.45, 7) is 4.64.